The topological polar surface area (TPSA) is 0 Å². The van der Waals surface area contributed by atoms with Gasteiger partial charge in [-0.2, -0.15) is 0 Å². The van der Waals surface area contributed by atoms with Gasteiger partial charge in [0, 0.05) is 5.56 Å². The first kappa shape index (κ1) is 9.11. The van der Waals surface area contributed by atoms with Crippen molar-refractivity contribution in [2.75, 3.05) is 0 Å². The average molecular weight is 213 g/mol. The van der Waals surface area contributed by atoms with E-state index in [0.717, 1.165) is 6.07 Å². The zero-order valence-electron chi connectivity index (χ0n) is 5.59. The number of hydrogen-bond acceptors (Lipinski definition) is 0. The van der Waals surface area contributed by atoms with Crippen LogP contribution in [-0.2, 0) is 0 Å². The van der Waals surface area contributed by atoms with E-state index in [-0.39, 0.29) is 15.1 Å². The second-order valence-electron chi connectivity index (χ2n) is 2.09. The molecule has 0 N–H and O–H groups in total. The van der Waals surface area contributed by atoms with Gasteiger partial charge in [-0.25, -0.2) is 4.39 Å². The van der Waals surface area contributed by atoms with E-state index in [1.807, 2.05) is 0 Å². The standard InChI is InChI=1S/C7H4Cl3F/c1-3-5(11)2-4(8)7(10)6(3)9/h2H,1H3. The van der Waals surface area contributed by atoms with Crippen molar-refractivity contribution in [2.24, 2.45) is 0 Å². The lowest BCUT2D eigenvalue weighted by Crippen LogP contribution is -1.85. The van der Waals surface area contributed by atoms with Crippen LogP contribution in [0.15, 0.2) is 6.07 Å². The fourth-order valence-electron chi connectivity index (χ4n) is 0.657. The van der Waals surface area contributed by atoms with Crippen LogP contribution in [0.4, 0.5) is 4.39 Å². The Hall–Kier alpha value is 0.0200. The predicted molar refractivity (Wildman–Crippen MR) is 46.2 cm³/mol. The van der Waals surface area contributed by atoms with Crippen LogP contribution in [0.3, 0.4) is 0 Å². The molecule has 1 aromatic rings. The normalized spacial score (nSPS) is 10.3. The lowest BCUT2D eigenvalue weighted by Gasteiger charge is -2.03. The van der Waals surface area contributed by atoms with E-state index in [1.54, 1.807) is 6.92 Å². The Morgan fingerprint density at radius 1 is 1.18 bits per heavy atom. The number of benzene rings is 1. The lowest BCUT2D eigenvalue weighted by molar-refractivity contribution is 0.619. The van der Waals surface area contributed by atoms with Crippen molar-refractivity contribution < 1.29 is 4.39 Å². The van der Waals surface area contributed by atoms with Crippen molar-refractivity contribution in [3.05, 3.63) is 32.5 Å². The molecule has 1 rings (SSSR count). The summed E-state index contributed by atoms with van der Waals surface area (Å²) < 4.78 is 12.8. The van der Waals surface area contributed by atoms with Gasteiger partial charge in [0.05, 0.1) is 15.1 Å². The van der Waals surface area contributed by atoms with Crippen LogP contribution in [-0.4, -0.2) is 0 Å². The fourth-order valence-corrected chi connectivity index (χ4v) is 1.28. The molecule has 0 spiro atoms. The highest BCUT2D eigenvalue weighted by molar-refractivity contribution is 6.48. The minimum atomic E-state index is -0.440. The van der Waals surface area contributed by atoms with Crippen LogP contribution in [0.5, 0.6) is 0 Å². The molecule has 11 heavy (non-hydrogen) atoms. The zero-order valence-corrected chi connectivity index (χ0v) is 7.86. The van der Waals surface area contributed by atoms with Crippen molar-refractivity contribution in [2.45, 2.75) is 6.92 Å². The highest BCUT2D eigenvalue weighted by Gasteiger charge is 2.10. The van der Waals surface area contributed by atoms with Gasteiger partial charge >= 0.3 is 0 Å². The number of rotatable bonds is 0. The van der Waals surface area contributed by atoms with Crippen molar-refractivity contribution in [3.63, 3.8) is 0 Å². The summed E-state index contributed by atoms with van der Waals surface area (Å²) in [6.45, 7) is 1.54. The molecule has 0 aliphatic carbocycles. The van der Waals surface area contributed by atoms with Gasteiger partial charge in [0.15, 0.2) is 0 Å². The van der Waals surface area contributed by atoms with Gasteiger partial charge in [0.2, 0.25) is 0 Å². The van der Waals surface area contributed by atoms with Crippen LogP contribution < -0.4 is 0 Å². The summed E-state index contributed by atoms with van der Waals surface area (Å²) in [7, 11) is 0. The van der Waals surface area contributed by atoms with Crippen molar-refractivity contribution in [3.8, 4) is 0 Å². The summed E-state index contributed by atoms with van der Waals surface area (Å²) in [4.78, 5) is 0. The van der Waals surface area contributed by atoms with Gasteiger partial charge in [-0.05, 0) is 13.0 Å². The maximum atomic E-state index is 12.8. The Morgan fingerprint density at radius 2 is 1.73 bits per heavy atom. The Balaban J connectivity index is 3.46. The van der Waals surface area contributed by atoms with Gasteiger partial charge in [0.1, 0.15) is 5.82 Å². The maximum Gasteiger partial charge on any atom is 0.129 e. The Kier molecular flexibility index (Phi) is 2.63. The third-order valence-corrected chi connectivity index (χ3v) is 2.70. The molecule has 0 fully saturated rings. The second kappa shape index (κ2) is 3.18. The molecule has 0 saturated carbocycles. The van der Waals surface area contributed by atoms with Gasteiger partial charge in [-0.15, -0.1) is 0 Å². The van der Waals surface area contributed by atoms with E-state index >= 15 is 0 Å². The number of halogens is 4. The Morgan fingerprint density at radius 3 is 2.27 bits per heavy atom. The largest absolute Gasteiger partial charge is 0.207 e. The monoisotopic (exact) mass is 212 g/mol. The quantitative estimate of drug-likeness (QED) is 0.450. The molecule has 0 aromatic heterocycles. The summed E-state index contributed by atoms with van der Waals surface area (Å²) in [5, 5.41) is 0.517. The highest BCUT2D eigenvalue weighted by Crippen LogP contribution is 2.33. The molecule has 0 aliphatic heterocycles. The molecule has 0 amide bonds. The fraction of sp³-hybridized carbons (Fsp3) is 0.143. The molecule has 0 bridgehead atoms. The van der Waals surface area contributed by atoms with E-state index < -0.39 is 5.82 Å². The van der Waals surface area contributed by atoms with Crippen LogP contribution in [0, 0.1) is 12.7 Å². The first-order valence-electron chi connectivity index (χ1n) is 2.83. The third-order valence-electron chi connectivity index (χ3n) is 1.34. The summed E-state index contributed by atoms with van der Waals surface area (Å²) >= 11 is 16.8. The Bertz CT molecular complexity index is 270. The van der Waals surface area contributed by atoms with Crippen LogP contribution >= 0.6 is 34.8 Å². The van der Waals surface area contributed by atoms with E-state index in [4.69, 9.17) is 34.8 Å². The van der Waals surface area contributed by atoms with Gasteiger partial charge in [-0.1, -0.05) is 34.8 Å². The maximum absolute atomic E-state index is 12.8. The molecule has 0 saturated heterocycles. The minimum absolute atomic E-state index is 0.139. The van der Waals surface area contributed by atoms with E-state index in [2.05, 4.69) is 0 Å². The second-order valence-corrected chi connectivity index (χ2v) is 3.26. The summed E-state index contributed by atoms with van der Waals surface area (Å²) in [6, 6.07) is 1.14. The van der Waals surface area contributed by atoms with Crippen LogP contribution in [0.1, 0.15) is 5.56 Å². The molecular formula is C7H4Cl3F. The van der Waals surface area contributed by atoms with E-state index in [1.165, 1.54) is 0 Å². The predicted octanol–water partition coefficient (Wildman–Crippen LogP) is 4.09. The average Bonchev–Trinajstić information content (AvgIpc) is 1.97. The van der Waals surface area contributed by atoms with Crippen LogP contribution in [0.25, 0.3) is 0 Å². The van der Waals surface area contributed by atoms with Crippen LogP contribution in [0.2, 0.25) is 15.1 Å². The lowest BCUT2D eigenvalue weighted by atomic mass is 10.2. The summed E-state index contributed by atoms with van der Waals surface area (Å²) in [6.07, 6.45) is 0. The SMILES string of the molecule is Cc1c(F)cc(Cl)c(Cl)c1Cl. The molecule has 0 atom stereocenters. The van der Waals surface area contributed by atoms with Crippen molar-refractivity contribution in [1.29, 1.82) is 0 Å². The Labute approximate surface area is 78.9 Å². The van der Waals surface area contributed by atoms with E-state index in [9.17, 15) is 4.39 Å². The minimum Gasteiger partial charge on any atom is -0.207 e. The highest BCUT2D eigenvalue weighted by atomic mass is 35.5. The first-order chi connectivity index (χ1) is 5.04. The smallest absolute Gasteiger partial charge is 0.129 e. The molecular weight excluding hydrogens is 209 g/mol. The van der Waals surface area contributed by atoms with Crippen molar-refractivity contribution >= 4 is 34.8 Å². The summed E-state index contributed by atoms with van der Waals surface area (Å²) in [5.74, 6) is -0.440. The van der Waals surface area contributed by atoms with E-state index in [0.29, 0.717) is 5.56 Å². The van der Waals surface area contributed by atoms with Gasteiger partial charge < -0.3 is 0 Å². The number of hydrogen-bond donors (Lipinski definition) is 0. The molecule has 0 heterocycles. The summed E-state index contributed by atoms with van der Waals surface area (Å²) in [5.41, 5.74) is 0.320. The molecule has 0 radical (unpaired) electrons. The molecule has 4 heteroatoms. The molecule has 1 aromatic carbocycles. The molecule has 0 nitrogen and oxygen atoms in total. The zero-order chi connectivity index (χ0) is 8.59. The third kappa shape index (κ3) is 1.61. The van der Waals surface area contributed by atoms with Gasteiger partial charge in [-0.3, -0.25) is 0 Å². The molecule has 60 valence electrons. The molecule has 0 unspecified atom stereocenters. The first-order valence-corrected chi connectivity index (χ1v) is 3.97. The van der Waals surface area contributed by atoms with Crippen molar-refractivity contribution in [1.82, 2.24) is 0 Å². The molecule has 0 aliphatic rings. The van der Waals surface area contributed by atoms with Gasteiger partial charge in [0.25, 0.3) is 0 Å².